The van der Waals surface area contributed by atoms with Gasteiger partial charge in [-0.3, -0.25) is 4.79 Å². The maximum absolute atomic E-state index is 13.4. The predicted molar refractivity (Wildman–Crippen MR) is 107 cm³/mol. The first-order chi connectivity index (χ1) is 13.6. The van der Waals surface area contributed by atoms with Crippen molar-refractivity contribution in [1.82, 2.24) is 0 Å². The number of fused-ring (bicyclic) bond motifs is 1. The Kier molecular flexibility index (Phi) is 5.74. The van der Waals surface area contributed by atoms with Gasteiger partial charge in [-0.25, -0.2) is 9.59 Å². The number of aliphatic hydroxyl groups is 1. The van der Waals surface area contributed by atoms with Crippen LogP contribution in [0.5, 0.6) is 0 Å². The van der Waals surface area contributed by atoms with Gasteiger partial charge in [0, 0.05) is 17.9 Å². The Morgan fingerprint density at radius 3 is 2.52 bits per heavy atom. The number of Topliss-reactive ketones (excluding diaryl/α,β-unsaturated/α-hetero) is 1. The monoisotopic (exact) mass is 402 g/mol. The Morgan fingerprint density at radius 1 is 1.17 bits per heavy atom. The topological polar surface area (TPSA) is 101 Å². The van der Waals surface area contributed by atoms with Gasteiger partial charge in [0.05, 0.1) is 0 Å². The van der Waals surface area contributed by atoms with Crippen molar-refractivity contribution in [3.05, 3.63) is 34.6 Å². The van der Waals surface area contributed by atoms with E-state index in [1.807, 2.05) is 6.08 Å². The van der Waals surface area contributed by atoms with Crippen LogP contribution in [0.15, 0.2) is 34.6 Å². The van der Waals surface area contributed by atoms with Crippen LogP contribution in [0.2, 0.25) is 0 Å². The lowest BCUT2D eigenvalue weighted by molar-refractivity contribution is -0.158. The minimum absolute atomic E-state index is 0.117. The first-order valence-corrected chi connectivity index (χ1v) is 10.4. The van der Waals surface area contributed by atoms with Gasteiger partial charge in [-0.15, -0.1) is 0 Å². The van der Waals surface area contributed by atoms with Crippen molar-refractivity contribution in [2.75, 3.05) is 0 Å². The lowest BCUT2D eigenvalue weighted by Gasteiger charge is -2.39. The number of ketones is 1. The molecule has 0 radical (unpaired) electrons. The maximum Gasteiger partial charge on any atom is 0.346 e. The van der Waals surface area contributed by atoms with E-state index in [-0.39, 0.29) is 29.2 Å². The number of carboxylic acid groups (broad SMARTS) is 1. The van der Waals surface area contributed by atoms with E-state index in [1.54, 1.807) is 19.9 Å². The Balaban J connectivity index is 2.15. The van der Waals surface area contributed by atoms with E-state index in [4.69, 9.17) is 4.74 Å². The summed E-state index contributed by atoms with van der Waals surface area (Å²) in [4.78, 5) is 37.8. The molecule has 2 N–H and O–H groups in total. The molecule has 0 aromatic rings. The zero-order chi connectivity index (χ0) is 21.5. The van der Waals surface area contributed by atoms with Crippen molar-refractivity contribution in [3.8, 4) is 0 Å². The highest BCUT2D eigenvalue weighted by atomic mass is 16.6. The molecule has 29 heavy (non-hydrogen) atoms. The average Bonchev–Trinajstić information content (AvgIpc) is 2.85. The summed E-state index contributed by atoms with van der Waals surface area (Å²) in [6, 6.07) is 0. The van der Waals surface area contributed by atoms with Crippen LogP contribution in [0.1, 0.15) is 59.8 Å². The summed E-state index contributed by atoms with van der Waals surface area (Å²) in [5.41, 5.74) is -0.985. The Hall–Kier alpha value is -2.37. The van der Waals surface area contributed by atoms with E-state index in [1.165, 1.54) is 0 Å². The zero-order valence-corrected chi connectivity index (χ0v) is 17.5. The minimum Gasteiger partial charge on any atom is -0.507 e. The molecule has 1 saturated heterocycles. The molecule has 0 saturated carbocycles. The lowest BCUT2D eigenvalue weighted by atomic mass is 9.68. The lowest BCUT2D eigenvalue weighted by Crippen LogP contribution is -2.48. The number of rotatable bonds is 1. The molecular formula is C23H30O6. The third-order valence-electron chi connectivity index (χ3n) is 6.59. The van der Waals surface area contributed by atoms with Gasteiger partial charge in [-0.2, -0.15) is 0 Å². The van der Waals surface area contributed by atoms with Gasteiger partial charge in [0.2, 0.25) is 5.78 Å². The maximum atomic E-state index is 13.4. The van der Waals surface area contributed by atoms with Crippen LogP contribution in [-0.4, -0.2) is 33.5 Å². The summed E-state index contributed by atoms with van der Waals surface area (Å²) in [7, 11) is 0. The predicted octanol–water partition coefficient (Wildman–Crippen LogP) is 4.12. The molecule has 1 heterocycles. The summed E-state index contributed by atoms with van der Waals surface area (Å²) in [6.45, 7) is 7.64. The highest BCUT2D eigenvalue weighted by Gasteiger charge is 2.59. The van der Waals surface area contributed by atoms with Gasteiger partial charge in [0.15, 0.2) is 5.60 Å². The molecule has 1 spiro atoms. The van der Waals surface area contributed by atoms with E-state index < -0.39 is 35.2 Å². The SMILES string of the molecule is CC1=CC(C)CC(C)CCCC2C=C(C(=O)O)C(C)CC23OC(=O)C(=C1O)C3=O. The fourth-order valence-electron chi connectivity index (χ4n) is 5.19. The van der Waals surface area contributed by atoms with Gasteiger partial charge in [0.25, 0.3) is 0 Å². The number of hydrogen-bond acceptors (Lipinski definition) is 5. The van der Waals surface area contributed by atoms with E-state index >= 15 is 0 Å². The average molecular weight is 402 g/mol. The molecule has 0 aromatic heterocycles. The van der Waals surface area contributed by atoms with Crippen molar-refractivity contribution in [2.45, 2.75) is 65.4 Å². The minimum atomic E-state index is -1.43. The van der Waals surface area contributed by atoms with Crippen molar-refractivity contribution in [2.24, 2.45) is 23.7 Å². The van der Waals surface area contributed by atoms with Crippen LogP contribution in [0.3, 0.4) is 0 Å². The quantitative estimate of drug-likeness (QED) is 0.505. The Labute approximate surface area is 171 Å². The van der Waals surface area contributed by atoms with Crippen LogP contribution in [0.25, 0.3) is 0 Å². The second-order valence-corrected chi connectivity index (χ2v) is 9.07. The molecule has 158 valence electrons. The first kappa shape index (κ1) is 21.3. The number of hydrogen-bond donors (Lipinski definition) is 2. The van der Waals surface area contributed by atoms with Crippen molar-refractivity contribution in [1.29, 1.82) is 0 Å². The van der Waals surface area contributed by atoms with Gasteiger partial charge in [-0.05, 0) is 43.1 Å². The highest BCUT2D eigenvalue weighted by Crippen LogP contribution is 2.48. The molecule has 3 rings (SSSR count). The number of allylic oxidation sites excluding steroid dienone is 2. The fourth-order valence-corrected chi connectivity index (χ4v) is 5.19. The first-order valence-electron chi connectivity index (χ1n) is 10.4. The molecule has 6 nitrogen and oxygen atoms in total. The second-order valence-electron chi connectivity index (χ2n) is 9.07. The molecule has 0 aromatic carbocycles. The van der Waals surface area contributed by atoms with E-state index in [9.17, 15) is 24.6 Å². The summed E-state index contributed by atoms with van der Waals surface area (Å²) in [5, 5.41) is 20.3. The fraction of sp³-hybridized carbons (Fsp3) is 0.609. The largest absolute Gasteiger partial charge is 0.507 e. The van der Waals surface area contributed by atoms with Crippen LogP contribution >= 0.6 is 0 Å². The molecule has 2 aliphatic carbocycles. The van der Waals surface area contributed by atoms with Crippen molar-refractivity contribution in [3.63, 3.8) is 0 Å². The molecule has 6 heteroatoms. The number of ether oxygens (including phenoxy) is 1. The number of carbonyl (C=O) groups is 3. The number of esters is 1. The molecule has 5 atom stereocenters. The number of carboxylic acids is 1. The molecule has 1 aliphatic heterocycles. The number of aliphatic hydroxyl groups excluding tert-OH is 1. The van der Waals surface area contributed by atoms with Gasteiger partial charge >= 0.3 is 11.9 Å². The van der Waals surface area contributed by atoms with Crippen LogP contribution in [-0.2, 0) is 19.1 Å². The van der Waals surface area contributed by atoms with Crippen molar-refractivity contribution < 1.29 is 29.3 Å². The van der Waals surface area contributed by atoms with Crippen molar-refractivity contribution >= 4 is 17.7 Å². The van der Waals surface area contributed by atoms with Gasteiger partial charge in [0.1, 0.15) is 11.3 Å². The van der Waals surface area contributed by atoms with E-state index in [0.29, 0.717) is 17.9 Å². The standard InChI is InChI=1S/C23H30O6/c1-12-6-5-7-16-10-17(21(26)27)15(4)11-23(16)20(25)18(22(28)29-23)19(24)14(3)9-13(2)8-12/h9-10,12-13,15-16,24H,5-8,11H2,1-4H3,(H,26,27). The normalized spacial score (nSPS) is 36.1. The summed E-state index contributed by atoms with van der Waals surface area (Å²) < 4.78 is 5.67. The Morgan fingerprint density at radius 2 is 1.86 bits per heavy atom. The smallest absolute Gasteiger partial charge is 0.346 e. The molecule has 5 unspecified atom stereocenters. The zero-order valence-electron chi connectivity index (χ0n) is 17.5. The Bertz CT molecular complexity index is 832. The second kappa shape index (κ2) is 7.81. The van der Waals surface area contributed by atoms with Crippen LogP contribution in [0.4, 0.5) is 0 Å². The number of carbonyl (C=O) groups excluding carboxylic acids is 2. The van der Waals surface area contributed by atoms with Crippen LogP contribution in [0, 0.1) is 23.7 Å². The highest BCUT2D eigenvalue weighted by molar-refractivity contribution is 6.26. The summed E-state index contributed by atoms with van der Waals surface area (Å²) >= 11 is 0. The van der Waals surface area contributed by atoms with E-state index in [2.05, 4.69) is 13.8 Å². The molecule has 0 amide bonds. The molecule has 3 aliphatic rings. The third kappa shape index (κ3) is 3.77. The molecular weight excluding hydrogens is 372 g/mol. The van der Waals surface area contributed by atoms with Crippen LogP contribution < -0.4 is 0 Å². The molecule has 2 bridgehead atoms. The summed E-state index contributed by atoms with van der Waals surface area (Å²) in [5.74, 6) is -2.98. The third-order valence-corrected chi connectivity index (χ3v) is 6.59. The van der Waals surface area contributed by atoms with Gasteiger partial charge < -0.3 is 14.9 Å². The van der Waals surface area contributed by atoms with E-state index in [0.717, 1.165) is 19.3 Å². The van der Waals surface area contributed by atoms with Gasteiger partial charge in [-0.1, -0.05) is 45.8 Å². The summed E-state index contributed by atoms with van der Waals surface area (Å²) in [6.07, 6.45) is 6.85. The molecule has 1 fully saturated rings. The number of aliphatic carboxylic acids is 1.